The van der Waals surface area contributed by atoms with Gasteiger partial charge in [0.25, 0.3) is 0 Å². The Balaban J connectivity index is 4.41. The minimum absolute atomic E-state index is 0.0788. The smallest absolute Gasteiger partial charge is 0.200 e. The maximum atomic E-state index is 13.2. The summed E-state index contributed by atoms with van der Waals surface area (Å²) in [6.45, 7) is 2.00. The van der Waals surface area contributed by atoms with Gasteiger partial charge in [0, 0.05) is 6.42 Å². The van der Waals surface area contributed by atoms with Crippen LogP contribution >= 0.6 is 0 Å². The van der Waals surface area contributed by atoms with Crippen molar-refractivity contribution in [2.75, 3.05) is 0 Å². The second-order valence-corrected chi connectivity index (χ2v) is 5.58. The highest BCUT2D eigenvalue weighted by molar-refractivity contribution is 5.00. The molecular formula is C14H21F9. The van der Waals surface area contributed by atoms with E-state index in [1.807, 2.05) is 6.92 Å². The van der Waals surface area contributed by atoms with Crippen molar-refractivity contribution in [3.05, 3.63) is 0 Å². The lowest BCUT2D eigenvalue weighted by molar-refractivity contribution is -0.396. The number of hydrogen-bond acceptors (Lipinski definition) is 0. The highest BCUT2D eigenvalue weighted by Gasteiger charge is 2.81. The average molecular weight is 360 g/mol. The third kappa shape index (κ3) is 5.74. The van der Waals surface area contributed by atoms with E-state index in [2.05, 4.69) is 0 Å². The van der Waals surface area contributed by atoms with Crippen LogP contribution in [-0.4, -0.2) is 23.9 Å². The largest absolute Gasteiger partial charge is 0.460 e. The summed E-state index contributed by atoms with van der Waals surface area (Å²) >= 11 is 0. The fraction of sp³-hybridized carbons (Fsp3) is 1.00. The van der Waals surface area contributed by atoms with E-state index in [0.29, 0.717) is 12.8 Å². The van der Waals surface area contributed by atoms with E-state index in [9.17, 15) is 39.5 Å². The molecule has 0 fully saturated rings. The first-order valence-electron chi connectivity index (χ1n) is 7.51. The molecule has 0 radical (unpaired) electrons. The van der Waals surface area contributed by atoms with Gasteiger partial charge in [0.05, 0.1) is 0 Å². The molecule has 0 nitrogen and oxygen atoms in total. The summed E-state index contributed by atoms with van der Waals surface area (Å²) in [4.78, 5) is 0. The first-order valence-corrected chi connectivity index (χ1v) is 7.51. The van der Waals surface area contributed by atoms with Crippen LogP contribution in [0.3, 0.4) is 0 Å². The van der Waals surface area contributed by atoms with Gasteiger partial charge in [-0.3, -0.25) is 0 Å². The summed E-state index contributed by atoms with van der Waals surface area (Å²) in [5.41, 5.74) is 0. The molecule has 0 saturated heterocycles. The van der Waals surface area contributed by atoms with Crippen LogP contribution in [0.25, 0.3) is 0 Å². The molecule has 0 aromatic carbocycles. The van der Waals surface area contributed by atoms with Crippen LogP contribution in [0.5, 0.6) is 0 Å². The summed E-state index contributed by atoms with van der Waals surface area (Å²) in [6, 6.07) is 0. The SMILES string of the molecule is CCCCCCCCCCC(F)(F)C(F)(F)C(F)(F)C(F)(F)F. The number of unbranched alkanes of at least 4 members (excludes halogenated alkanes) is 7. The zero-order chi connectivity index (χ0) is 18.4. The molecule has 0 heterocycles. The Labute approximate surface area is 129 Å². The zero-order valence-electron chi connectivity index (χ0n) is 12.8. The number of hydrogen-bond donors (Lipinski definition) is 0. The van der Waals surface area contributed by atoms with E-state index in [1.165, 1.54) is 0 Å². The van der Waals surface area contributed by atoms with Crippen LogP contribution in [0, 0.1) is 0 Å². The Hall–Kier alpha value is -0.630. The Bertz CT molecular complexity index is 334. The molecule has 0 unspecified atom stereocenters. The van der Waals surface area contributed by atoms with Crippen molar-refractivity contribution in [3.8, 4) is 0 Å². The fourth-order valence-corrected chi connectivity index (χ4v) is 2.05. The summed E-state index contributed by atoms with van der Waals surface area (Å²) in [5.74, 6) is -18.7. The van der Waals surface area contributed by atoms with Gasteiger partial charge in [-0.15, -0.1) is 0 Å². The quantitative estimate of drug-likeness (QED) is 0.275. The van der Waals surface area contributed by atoms with Gasteiger partial charge in [-0.25, -0.2) is 0 Å². The second kappa shape index (κ2) is 8.46. The van der Waals surface area contributed by atoms with Crippen LogP contribution < -0.4 is 0 Å². The molecular weight excluding hydrogens is 339 g/mol. The Kier molecular flexibility index (Phi) is 8.23. The van der Waals surface area contributed by atoms with Gasteiger partial charge in [-0.1, -0.05) is 51.9 Å². The second-order valence-electron chi connectivity index (χ2n) is 5.58. The van der Waals surface area contributed by atoms with Gasteiger partial charge in [-0.05, 0) is 6.42 Å². The van der Waals surface area contributed by atoms with E-state index < -0.39 is 36.8 Å². The molecule has 0 rings (SSSR count). The number of halogens is 9. The van der Waals surface area contributed by atoms with Crippen LogP contribution in [0.2, 0.25) is 0 Å². The summed E-state index contributed by atoms with van der Waals surface area (Å²) < 4.78 is 113. The van der Waals surface area contributed by atoms with Gasteiger partial charge in [0.1, 0.15) is 0 Å². The third-order valence-electron chi connectivity index (χ3n) is 3.55. The normalized spacial score (nSPS) is 14.3. The highest BCUT2D eigenvalue weighted by atomic mass is 19.4. The molecule has 0 saturated carbocycles. The van der Waals surface area contributed by atoms with Crippen LogP contribution in [0.4, 0.5) is 39.5 Å². The minimum Gasteiger partial charge on any atom is -0.200 e. The monoisotopic (exact) mass is 360 g/mol. The lowest BCUT2D eigenvalue weighted by atomic mass is 9.97. The standard InChI is InChI=1S/C14H21F9/c1-2-3-4-5-6-7-8-9-10-11(15,16)12(17,18)13(19,20)14(21,22)23/h2-10H2,1H3. The summed E-state index contributed by atoms with van der Waals surface area (Å²) in [5, 5.41) is 0. The maximum Gasteiger partial charge on any atom is 0.460 e. The van der Waals surface area contributed by atoms with E-state index in [1.54, 1.807) is 0 Å². The van der Waals surface area contributed by atoms with Gasteiger partial charge in [0.2, 0.25) is 0 Å². The lowest BCUT2D eigenvalue weighted by Crippen LogP contribution is -2.60. The van der Waals surface area contributed by atoms with E-state index >= 15 is 0 Å². The molecule has 0 spiro atoms. The first-order chi connectivity index (χ1) is 10.3. The zero-order valence-corrected chi connectivity index (χ0v) is 12.8. The van der Waals surface area contributed by atoms with Crippen molar-refractivity contribution in [2.45, 2.75) is 88.7 Å². The Morgan fingerprint density at radius 2 is 0.913 bits per heavy atom. The van der Waals surface area contributed by atoms with Crippen molar-refractivity contribution >= 4 is 0 Å². The fourth-order valence-electron chi connectivity index (χ4n) is 2.05. The van der Waals surface area contributed by atoms with Crippen molar-refractivity contribution in [3.63, 3.8) is 0 Å². The molecule has 140 valence electrons. The van der Waals surface area contributed by atoms with Crippen LogP contribution in [-0.2, 0) is 0 Å². The van der Waals surface area contributed by atoms with Crippen molar-refractivity contribution < 1.29 is 39.5 Å². The van der Waals surface area contributed by atoms with Crippen LogP contribution in [0.15, 0.2) is 0 Å². The molecule has 0 aliphatic heterocycles. The third-order valence-corrected chi connectivity index (χ3v) is 3.55. The molecule has 0 aromatic rings. The van der Waals surface area contributed by atoms with Gasteiger partial charge < -0.3 is 0 Å². The maximum absolute atomic E-state index is 13.2. The summed E-state index contributed by atoms with van der Waals surface area (Å²) in [7, 11) is 0. The summed E-state index contributed by atoms with van der Waals surface area (Å²) in [6.07, 6.45) is -3.97. The molecule has 0 aliphatic rings. The van der Waals surface area contributed by atoms with E-state index in [0.717, 1.165) is 25.7 Å². The van der Waals surface area contributed by atoms with Crippen molar-refractivity contribution in [2.24, 2.45) is 0 Å². The molecule has 0 bridgehead atoms. The van der Waals surface area contributed by atoms with Gasteiger partial charge in [-0.2, -0.15) is 39.5 Å². The number of alkyl halides is 9. The molecule has 9 heteroatoms. The van der Waals surface area contributed by atoms with E-state index in [-0.39, 0.29) is 6.42 Å². The highest BCUT2D eigenvalue weighted by Crippen LogP contribution is 2.54. The van der Waals surface area contributed by atoms with Gasteiger partial charge >= 0.3 is 23.9 Å². The molecule has 0 N–H and O–H groups in total. The minimum atomic E-state index is -6.77. The molecule has 0 aliphatic carbocycles. The topological polar surface area (TPSA) is 0 Å². The molecule has 0 amide bonds. The molecule has 23 heavy (non-hydrogen) atoms. The number of rotatable bonds is 11. The van der Waals surface area contributed by atoms with Crippen LogP contribution in [0.1, 0.15) is 64.7 Å². The molecule has 0 atom stereocenters. The van der Waals surface area contributed by atoms with Gasteiger partial charge in [0.15, 0.2) is 0 Å². The van der Waals surface area contributed by atoms with E-state index in [4.69, 9.17) is 0 Å². The Morgan fingerprint density at radius 1 is 0.522 bits per heavy atom. The van der Waals surface area contributed by atoms with Crippen molar-refractivity contribution in [1.82, 2.24) is 0 Å². The molecule has 0 aromatic heterocycles. The first kappa shape index (κ1) is 22.4. The predicted molar refractivity (Wildman–Crippen MR) is 68.1 cm³/mol. The predicted octanol–water partition coefficient (Wildman–Crippen LogP) is 6.99. The Morgan fingerprint density at radius 3 is 1.30 bits per heavy atom. The average Bonchev–Trinajstić information content (AvgIpc) is 2.40. The lowest BCUT2D eigenvalue weighted by Gasteiger charge is -2.33. The van der Waals surface area contributed by atoms with Crippen molar-refractivity contribution in [1.29, 1.82) is 0 Å².